The first-order valence-electron chi connectivity index (χ1n) is 7.89. The van der Waals surface area contributed by atoms with E-state index in [0.717, 1.165) is 5.75 Å². The molecular weight excluding hydrogens is 246 g/mol. The van der Waals surface area contributed by atoms with Gasteiger partial charge in [0.1, 0.15) is 5.75 Å². The fraction of sp³-hybridized carbons (Fsp3) is 0.667. The van der Waals surface area contributed by atoms with Crippen molar-refractivity contribution in [1.82, 2.24) is 0 Å². The van der Waals surface area contributed by atoms with Gasteiger partial charge in [0, 0.05) is 6.04 Å². The zero-order valence-corrected chi connectivity index (χ0v) is 13.4. The van der Waals surface area contributed by atoms with Gasteiger partial charge in [-0.3, -0.25) is 0 Å². The SMILES string of the molecule is CC(C)Oc1ccc(C(N)C2CCC(C)(C)CC2)cc1. The zero-order chi connectivity index (χ0) is 14.8. The van der Waals surface area contributed by atoms with Crippen molar-refractivity contribution in [1.29, 1.82) is 0 Å². The molecule has 0 radical (unpaired) electrons. The van der Waals surface area contributed by atoms with Crippen molar-refractivity contribution in [2.75, 3.05) is 0 Å². The van der Waals surface area contributed by atoms with E-state index in [2.05, 4.69) is 26.0 Å². The molecule has 2 heteroatoms. The lowest BCUT2D eigenvalue weighted by atomic mass is 9.70. The Kier molecular flexibility index (Phi) is 4.74. The van der Waals surface area contributed by atoms with Crippen LogP contribution in [0.4, 0.5) is 0 Å². The fourth-order valence-corrected chi connectivity index (χ4v) is 3.09. The quantitative estimate of drug-likeness (QED) is 0.865. The Morgan fingerprint density at radius 2 is 1.65 bits per heavy atom. The third-order valence-corrected chi connectivity index (χ3v) is 4.53. The van der Waals surface area contributed by atoms with Gasteiger partial charge in [0.25, 0.3) is 0 Å². The molecule has 2 rings (SSSR count). The summed E-state index contributed by atoms with van der Waals surface area (Å²) in [5.41, 5.74) is 8.22. The Hall–Kier alpha value is -1.02. The predicted molar refractivity (Wildman–Crippen MR) is 84.9 cm³/mol. The third-order valence-electron chi connectivity index (χ3n) is 4.53. The Morgan fingerprint density at radius 3 is 2.15 bits per heavy atom. The van der Waals surface area contributed by atoms with E-state index in [1.54, 1.807) is 0 Å². The van der Waals surface area contributed by atoms with Gasteiger partial charge in [0.05, 0.1) is 6.10 Å². The summed E-state index contributed by atoms with van der Waals surface area (Å²) >= 11 is 0. The van der Waals surface area contributed by atoms with E-state index in [4.69, 9.17) is 10.5 Å². The largest absolute Gasteiger partial charge is 0.491 e. The lowest BCUT2D eigenvalue weighted by molar-refractivity contribution is 0.173. The summed E-state index contributed by atoms with van der Waals surface area (Å²) in [7, 11) is 0. The lowest BCUT2D eigenvalue weighted by Gasteiger charge is -2.37. The van der Waals surface area contributed by atoms with Crippen LogP contribution in [0.25, 0.3) is 0 Å². The second kappa shape index (κ2) is 6.17. The Labute approximate surface area is 123 Å². The number of hydrogen-bond donors (Lipinski definition) is 1. The predicted octanol–water partition coefficient (Wildman–Crippen LogP) is 4.69. The summed E-state index contributed by atoms with van der Waals surface area (Å²) in [4.78, 5) is 0. The molecule has 1 aliphatic rings. The van der Waals surface area contributed by atoms with Crippen molar-refractivity contribution in [3.63, 3.8) is 0 Å². The molecule has 0 spiro atoms. The van der Waals surface area contributed by atoms with E-state index in [1.807, 2.05) is 26.0 Å². The summed E-state index contributed by atoms with van der Waals surface area (Å²) in [6, 6.07) is 8.51. The highest BCUT2D eigenvalue weighted by Gasteiger charge is 2.30. The minimum absolute atomic E-state index is 0.166. The standard InChI is InChI=1S/C18H29NO/c1-13(2)20-16-7-5-14(6-8-16)17(19)15-9-11-18(3,4)12-10-15/h5-8,13,15,17H,9-12,19H2,1-4H3. The van der Waals surface area contributed by atoms with Crippen LogP contribution < -0.4 is 10.5 Å². The van der Waals surface area contributed by atoms with Crippen LogP contribution in [0.1, 0.15) is 65.0 Å². The van der Waals surface area contributed by atoms with Gasteiger partial charge in [-0.15, -0.1) is 0 Å². The highest BCUT2D eigenvalue weighted by molar-refractivity contribution is 5.29. The van der Waals surface area contributed by atoms with Gasteiger partial charge in [-0.1, -0.05) is 26.0 Å². The van der Waals surface area contributed by atoms with Crippen LogP contribution in [-0.4, -0.2) is 6.10 Å². The van der Waals surface area contributed by atoms with Gasteiger partial charge >= 0.3 is 0 Å². The first-order valence-corrected chi connectivity index (χ1v) is 7.89. The zero-order valence-electron chi connectivity index (χ0n) is 13.4. The maximum Gasteiger partial charge on any atom is 0.119 e. The number of ether oxygens (including phenoxy) is 1. The summed E-state index contributed by atoms with van der Waals surface area (Å²) in [6.07, 6.45) is 5.30. The van der Waals surface area contributed by atoms with E-state index in [1.165, 1.54) is 31.2 Å². The monoisotopic (exact) mass is 275 g/mol. The van der Waals surface area contributed by atoms with Crippen molar-refractivity contribution in [2.24, 2.45) is 17.1 Å². The molecule has 0 saturated heterocycles. The molecule has 1 unspecified atom stereocenters. The molecule has 1 atom stereocenters. The highest BCUT2D eigenvalue weighted by Crippen LogP contribution is 2.42. The molecule has 0 aromatic heterocycles. The number of rotatable bonds is 4. The number of nitrogens with two attached hydrogens (primary N) is 1. The average Bonchev–Trinajstić information content (AvgIpc) is 2.38. The lowest BCUT2D eigenvalue weighted by Crippen LogP contribution is -2.29. The second-order valence-electron chi connectivity index (χ2n) is 7.26. The van der Waals surface area contributed by atoms with Crippen LogP contribution in [0, 0.1) is 11.3 Å². The first kappa shape index (κ1) is 15.4. The molecule has 1 saturated carbocycles. The van der Waals surface area contributed by atoms with Crippen LogP contribution in [-0.2, 0) is 0 Å². The van der Waals surface area contributed by atoms with Crippen LogP contribution in [0.3, 0.4) is 0 Å². The smallest absolute Gasteiger partial charge is 0.119 e. The second-order valence-corrected chi connectivity index (χ2v) is 7.26. The molecule has 1 aliphatic carbocycles. The van der Waals surface area contributed by atoms with E-state index in [9.17, 15) is 0 Å². The molecule has 2 N–H and O–H groups in total. The van der Waals surface area contributed by atoms with Gasteiger partial charge in [-0.05, 0) is 68.6 Å². The molecule has 1 aromatic carbocycles. The van der Waals surface area contributed by atoms with E-state index in [-0.39, 0.29) is 12.1 Å². The molecule has 0 bridgehead atoms. The van der Waals surface area contributed by atoms with Gasteiger partial charge in [0.15, 0.2) is 0 Å². The molecular formula is C18H29NO. The van der Waals surface area contributed by atoms with Crippen LogP contribution in [0.2, 0.25) is 0 Å². The summed E-state index contributed by atoms with van der Waals surface area (Å²) in [6.45, 7) is 8.83. The first-order chi connectivity index (χ1) is 9.37. The van der Waals surface area contributed by atoms with Crippen LogP contribution in [0.5, 0.6) is 5.75 Å². The maximum atomic E-state index is 6.47. The van der Waals surface area contributed by atoms with Crippen molar-refractivity contribution < 1.29 is 4.74 Å². The van der Waals surface area contributed by atoms with Crippen LogP contribution >= 0.6 is 0 Å². The molecule has 112 valence electrons. The molecule has 2 nitrogen and oxygen atoms in total. The van der Waals surface area contributed by atoms with Gasteiger partial charge in [-0.25, -0.2) is 0 Å². The maximum absolute atomic E-state index is 6.47. The minimum atomic E-state index is 0.166. The Bertz CT molecular complexity index is 412. The summed E-state index contributed by atoms with van der Waals surface area (Å²) < 4.78 is 5.68. The van der Waals surface area contributed by atoms with E-state index in [0.29, 0.717) is 11.3 Å². The molecule has 0 amide bonds. The number of benzene rings is 1. The molecule has 20 heavy (non-hydrogen) atoms. The topological polar surface area (TPSA) is 35.2 Å². The fourth-order valence-electron chi connectivity index (χ4n) is 3.09. The minimum Gasteiger partial charge on any atom is -0.491 e. The van der Waals surface area contributed by atoms with Crippen molar-refractivity contribution >= 4 is 0 Å². The van der Waals surface area contributed by atoms with Gasteiger partial charge in [0.2, 0.25) is 0 Å². The molecule has 1 aromatic rings. The normalized spacial score (nSPS) is 20.9. The molecule has 1 fully saturated rings. The van der Waals surface area contributed by atoms with Crippen molar-refractivity contribution in [2.45, 2.75) is 65.5 Å². The average molecular weight is 275 g/mol. The Balaban J connectivity index is 1.97. The van der Waals surface area contributed by atoms with E-state index < -0.39 is 0 Å². The Morgan fingerprint density at radius 1 is 1.10 bits per heavy atom. The van der Waals surface area contributed by atoms with Crippen molar-refractivity contribution in [3.05, 3.63) is 29.8 Å². The van der Waals surface area contributed by atoms with Gasteiger partial charge < -0.3 is 10.5 Å². The third kappa shape index (κ3) is 3.99. The van der Waals surface area contributed by atoms with Gasteiger partial charge in [-0.2, -0.15) is 0 Å². The summed E-state index contributed by atoms with van der Waals surface area (Å²) in [5.74, 6) is 1.56. The van der Waals surface area contributed by atoms with Crippen LogP contribution in [0.15, 0.2) is 24.3 Å². The van der Waals surface area contributed by atoms with E-state index >= 15 is 0 Å². The summed E-state index contributed by atoms with van der Waals surface area (Å²) in [5, 5.41) is 0. The molecule has 0 aliphatic heterocycles. The van der Waals surface area contributed by atoms with Crippen molar-refractivity contribution in [3.8, 4) is 5.75 Å². The molecule has 0 heterocycles. The highest BCUT2D eigenvalue weighted by atomic mass is 16.5. The number of hydrogen-bond acceptors (Lipinski definition) is 2.